The van der Waals surface area contributed by atoms with E-state index >= 15 is 0 Å². The quantitative estimate of drug-likeness (QED) is 0.617. The third-order valence-electron chi connectivity index (χ3n) is 4.33. The van der Waals surface area contributed by atoms with Gasteiger partial charge in [0.05, 0.1) is 11.4 Å². The van der Waals surface area contributed by atoms with E-state index in [0.29, 0.717) is 25.4 Å². The molecule has 0 aliphatic heterocycles. The predicted octanol–water partition coefficient (Wildman–Crippen LogP) is 3.25. The van der Waals surface area contributed by atoms with Gasteiger partial charge in [0.25, 0.3) is 0 Å². The molecule has 0 radical (unpaired) electrons. The second kappa shape index (κ2) is 9.58. The van der Waals surface area contributed by atoms with E-state index in [-0.39, 0.29) is 5.91 Å². The third kappa shape index (κ3) is 5.58. The summed E-state index contributed by atoms with van der Waals surface area (Å²) in [5.41, 5.74) is 9.92. The van der Waals surface area contributed by atoms with Crippen molar-refractivity contribution in [2.75, 3.05) is 18.8 Å². The Bertz CT molecular complexity index is 878. The van der Waals surface area contributed by atoms with Crippen molar-refractivity contribution in [1.82, 2.24) is 14.3 Å². The SMILES string of the molecule is Cc1ccc2nc(CSCC(=O)N(CCCN)Cc3ccccc3)cn2c1. The molecule has 0 spiro atoms. The van der Waals surface area contributed by atoms with Gasteiger partial charge >= 0.3 is 0 Å². The zero-order valence-electron chi connectivity index (χ0n) is 15.7. The lowest BCUT2D eigenvalue weighted by Crippen LogP contribution is -2.33. The molecular formula is C21H26N4OS. The summed E-state index contributed by atoms with van der Waals surface area (Å²) in [5, 5.41) is 0. The van der Waals surface area contributed by atoms with Gasteiger partial charge in [-0.3, -0.25) is 4.79 Å². The van der Waals surface area contributed by atoms with Crippen LogP contribution in [0.3, 0.4) is 0 Å². The lowest BCUT2D eigenvalue weighted by Gasteiger charge is -2.22. The standard InChI is InChI=1S/C21H26N4OS/c1-17-8-9-20-23-19(14-25(20)12-17)15-27-16-21(26)24(11-5-10-22)13-18-6-3-2-4-7-18/h2-4,6-9,12,14H,5,10-11,13,15-16,22H2,1H3. The van der Waals surface area contributed by atoms with Gasteiger partial charge in [-0.2, -0.15) is 0 Å². The van der Waals surface area contributed by atoms with Gasteiger partial charge in [0.1, 0.15) is 5.65 Å². The molecule has 0 atom stereocenters. The van der Waals surface area contributed by atoms with Gasteiger partial charge in [0.2, 0.25) is 5.91 Å². The molecule has 0 aliphatic rings. The van der Waals surface area contributed by atoms with E-state index < -0.39 is 0 Å². The van der Waals surface area contributed by atoms with Crippen LogP contribution in [0.1, 0.15) is 23.2 Å². The van der Waals surface area contributed by atoms with Crippen molar-refractivity contribution in [3.05, 3.63) is 71.7 Å². The molecule has 5 nitrogen and oxygen atoms in total. The molecule has 2 aromatic heterocycles. The number of hydrogen-bond donors (Lipinski definition) is 1. The molecular weight excluding hydrogens is 356 g/mol. The highest BCUT2D eigenvalue weighted by Crippen LogP contribution is 2.15. The maximum Gasteiger partial charge on any atom is 0.232 e. The number of imidazole rings is 1. The molecule has 0 fully saturated rings. The Labute approximate surface area is 164 Å². The summed E-state index contributed by atoms with van der Waals surface area (Å²) < 4.78 is 2.04. The molecule has 3 aromatic rings. The number of nitrogens with two attached hydrogens (primary N) is 1. The maximum atomic E-state index is 12.7. The van der Waals surface area contributed by atoms with Crippen LogP contribution in [0.4, 0.5) is 0 Å². The van der Waals surface area contributed by atoms with Crippen molar-refractivity contribution < 1.29 is 4.79 Å². The number of carbonyl (C=O) groups excluding carboxylic acids is 1. The van der Waals surface area contributed by atoms with Crippen molar-refractivity contribution in [2.45, 2.75) is 25.6 Å². The number of rotatable bonds is 9. The van der Waals surface area contributed by atoms with Crippen LogP contribution in [-0.2, 0) is 17.1 Å². The average Bonchev–Trinajstić information content (AvgIpc) is 3.07. The maximum absolute atomic E-state index is 12.7. The van der Waals surface area contributed by atoms with Crippen molar-refractivity contribution in [3.63, 3.8) is 0 Å². The summed E-state index contributed by atoms with van der Waals surface area (Å²) in [6.07, 6.45) is 4.92. The highest BCUT2D eigenvalue weighted by molar-refractivity contribution is 7.99. The molecule has 0 saturated carbocycles. The summed E-state index contributed by atoms with van der Waals surface area (Å²) in [7, 11) is 0. The van der Waals surface area contributed by atoms with Gasteiger partial charge in [-0.25, -0.2) is 4.98 Å². The van der Waals surface area contributed by atoms with Gasteiger partial charge in [-0.1, -0.05) is 36.4 Å². The van der Waals surface area contributed by atoms with E-state index in [9.17, 15) is 4.79 Å². The number of benzene rings is 1. The molecule has 1 amide bonds. The number of aromatic nitrogens is 2. The largest absolute Gasteiger partial charge is 0.338 e. The fourth-order valence-corrected chi connectivity index (χ4v) is 3.74. The Hall–Kier alpha value is -2.31. The fraction of sp³-hybridized carbons (Fsp3) is 0.333. The lowest BCUT2D eigenvalue weighted by atomic mass is 10.2. The smallest absolute Gasteiger partial charge is 0.232 e. The molecule has 6 heteroatoms. The van der Waals surface area contributed by atoms with Gasteiger partial charge in [-0.15, -0.1) is 11.8 Å². The minimum Gasteiger partial charge on any atom is -0.338 e. The molecule has 3 rings (SSSR count). The van der Waals surface area contributed by atoms with Crippen LogP contribution in [0.15, 0.2) is 54.9 Å². The number of hydrogen-bond acceptors (Lipinski definition) is 4. The number of thioether (sulfide) groups is 1. The lowest BCUT2D eigenvalue weighted by molar-refractivity contribution is -0.129. The highest BCUT2D eigenvalue weighted by atomic mass is 32.2. The zero-order valence-corrected chi connectivity index (χ0v) is 16.5. The number of pyridine rings is 1. The molecule has 27 heavy (non-hydrogen) atoms. The first-order chi connectivity index (χ1) is 13.2. The first-order valence-corrected chi connectivity index (χ1v) is 10.3. The van der Waals surface area contributed by atoms with E-state index in [1.807, 2.05) is 39.8 Å². The van der Waals surface area contributed by atoms with Crippen molar-refractivity contribution in [1.29, 1.82) is 0 Å². The van der Waals surface area contributed by atoms with Crippen LogP contribution >= 0.6 is 11.8 Å². The van der Waals surface area contributed by atoms with Crippen LogP contribution in [0.2, 0.25) is 0 Å². The van der Waals surface area contributed by atoms with E-state index in [1.165, 1.54) is 5.56 Å². The normalized spacial score (nSPS) is 11.0. The predicted molar refractivity (Wildman–Crippen MR) is 112 cm³/mol. The zero-order chi connectivity index (χ0) is 19.1. The summed E-state index contributed by atoms with van der Waals surface area (Å²) in [6, 6.07) is 14.2. The molecule has 2 N–H and O–H groups in total. The van der Waals surface area contributed by atoms with Gasteiger partial charge in [0, 0.05) is 31.2 Å². The van der Waals surface area contributed by atoms with E-state index in [4.69, 9.17) is 5.73 Å². The Balaban J connectivity index is 1.55. The topological polar surface area (TPSA) is 63.6 Å². The van der Waals surface area contributed by atoms with Crippen LogP contribution in [0.5, 0.6) is 0 Å². The van der Waals surface area contributed by atoms with Gasteiger partial charge < -0.3 is 15.0 Å². The van der Waals surface area contributed by atoms with Crippen LogP contribution in [0.25, 0.3) is 5.65 Å². The van der Waals surface area contributed by atoms with E-state index in [2.05, 4.69) is 36.3 Å². The fourth-order valence-electron chi connectivity index (χ4n) is 2.94. The second-order valence-electron chi connectivity index (χ2n) is 6.64. The van der Waals surface area contributed by atoms with E-state index in [1.54, 1.807) is 11.8 Å². The number of aryl methyl sites for hydroxylation is 1. The summed E-state index contributed by atoms with van der Waals surface area (Å²) in [5.74, 6) is 1.32. The summed E-state index contributed by atoms with van der Waals surface area (Å²) in [4.78, 5) is 19.2. The number of nitrogens with zero attached hydrogens (tertiary/aromatic N) is 3. The van der Waals surface area contributed by atoms with Crippen molar-refractivity contribution >= 4 is 23.3 Å². The number of fused-ring (bicyclic) bond motifs is 1. The highest BCUT2D eigenvalue weighted by Gasteiger charge is 2.14. The average molecular weight is 383 g/mol. The number of amides is 1. The Kier molecular flexibility index (Phi) is 6.90. The first-order valence-electron chi connectivity index (χ1n) is 9.19. The Morgan fingerprint density at radius 2 is 2.00 bits per heavy atom. The van der Waals surface area contributed by atoms with Gasteiger partial charge in [-0.05, 0) is 37.1 Å². The Morgan fingerprint density at radius 1 is 1.19 bits per heavy atom. The second-order valence-corrected chi connectivity index (χ2v) is 7.63. The molecule has 0 saturated heterocycles. The Morgan fingerprint density at radius 3 is 2.78 bits per heavy atom. The monoisotopic (exact) mass is 382 g/mol. The van der Waals surface area contributed by atoms with Crippen molar-refractivity contribution in [3.8, 4) is 0 Å². The molecule has 0 unspecified atom stereocenters. The third-order valence-corrected chi connectivity index (χ3v) is 5.28. The van der Waals surface area contributed by atoms with Crippen LogP contribution < -0.4 is 5.73 Å². The molecule has 1 aromatic carbocycles. The summed E-state index contributed by atoms with van der Waals surface area (Å²) in [6.45, 7) is 3.98. The molecule has 0 aliphatic carbocycles. The first kappa shape index (κ1) is 19.5. The van der Waals surface area contributed by atoms with Crippen LogP contribution in [-0.4, -0.2) is 39.0 Å². The minimum atomic E-state index is 0.150. The molecule has 0 bridgehead atoms. The molecule has 2 heterocycles. The molecule has 142 valence electrons. The summed E-state index contributed by atoms with van der Waals surface area (Å²) >= 11 is 1.61. The van der Waals surface area contributed by atoms with Crippen molar-refractivity contribution in [2.24, 2.45) is 5.73 Å². The van der Waals surface area contributed by atoms with E-state index in [0.717, 1.165) is 29.1 Å². The minimum absolute atomic E-state index is 0.150. The van der Waals surface area contributed by atoms with Crippen LogP contribution in [0, 0.1) is 6.92 Å². The number of carbonyl (C=O) groups is 1. The van der Waals surface area contributed by atoms with Gasteiger partial charge in [0.15, 0.2) is 0 Å².